The van der Waals surface area contributed by atoms with Crippen molar-refractivity contribution < 1.29 is 19.8 Å². The van der Waals surface area contributed by atoms with E-state index < -0.39 is 17.0 Å². The lowest BCUT2D eigenvalue weighted by Gasteiger charge is -2.39. The zero-order valence-electron chi connectivity index (χ0n) is 12.7. The first-order valence-corrected chi connectivity index (χ1v) is 7.56. The van der Waals surface area contributed by atoms with Crippen LogP contribution in [0.2, 0.25) is 5.02 Å². The fraction of sp³-hybridized carbons (Fsp3) is 0.500. The van der Waals surface area contributed by atoms with E-state index in [-0.39, 0.29) is 31.8 Å². The summed E-state index contributed by atoms with van der Waals surface area (Å²) >= 11 is 5.87. The van der Waals surface area contributed by atoms with E-state index in [1.165, 1.54) is 0 Å². The molecule has 5 nitrogen and oxygen atoms in total. The molecule has 0 spiro atoms. The Bertz CT molecular complexity index is 574. The molecule has 0 unspecified atom stereocenters. The maximum Gasteiger partial charge on any atom is 0.335 e. The Hall–Kier alpha value is -1.59. The minimum atomic E-state index is -1.72. The molecule has 0 aliphatic carbocycles. The van der Waals surface area contributed by atoms with Gasteiger partial charge in [-0.05, 0) is 31.5 Å². The number of amides is 1. The van der Waals surface area contributed by atoms with Crippen LogP contribution in [-0.4, -0.2) is 45.7 Å². The number of hydrogen-bond donors (Lipinski definition) is 2. The number of carbonyl (C=O) groups is 2. The molecule has 2 rings (SSSR count). The average molecular weight is 326 g/mol. The third-order valence-corrected chi connectivity index (χ3v) is 4.63. The first-order chi connectivity index (χ1) is 10.2. The van der Waals surface area contributed by atoms with Crippen LogP contribution in [0.15, 0.2) is 24.3 Å². The van der Waals surface area contributed by atoms with E-state index in [2.05, 4.69) is 0 Å². The first-order valence-electron chi connectivity index (χ1n) is 7.18. The number of hydrogen-bond acceptors (Lipinski definition) is 3. The number of piperidine rings is 1. The van der Waals surface area contributed by atoms with Gasteiger partial charge < -0.3 is 15.1 Å². The molecule has 1 heterocycles. The van der Waals surface area contributed by atoms with Gasteiger partial charge in [-0.1, -0.05) is 23.7 Å². The molecule has 1 aromatic carbocycles. The second kappa shape index (κ2) is 5.89. The van der Waals surface area contributed by atoms with E-state index in [1.807, 2.05) is 26.0 Å². The predicted molar refractivity (Wildman–Crippen MR) is 82.9 cm³/mol. The Morgan fingerprint density at radius 3 is 2.14 bits per heavy atom. The molecule has 1 aliphatic rings. The number of likely N-dealkylation sites (tertiary alicyclic amines) is 1. The van der Waals surface area contributed by atoms with Gasteiger partial charge in [0.1, 0.15) is 0 Å². The minimum Gasteiger partial charge on any atom is -0.479 e. The zero-order valence-corrected chi connectivity index (χ0v) is 13.4. The summed E-state index contributed by atoms with van der Waals surface area (Å²) < 4.78 is 0. The van der Waals surface area contributed by atoms with E-state index in [4.69, 9.17) is 16.7 Å². The van der Waals surface area contributed by atoms with Crippen LogP contribution in [0.25, 0.3) is 0 Å². The number of aliphatic hydroxyl groups is 1. The molecule has 2 N–H and O–H groups in total. The van der Waals surface area contributed by atoms with E-state index in [9.17, 15) is 14.7 Å². The zero-order chi connectivity index (χ0) is 16.5. The highest BCUT2D eigenvalue weighted by Crippen LogP contribution is 2.30. The second-order valence-corrected chi connectivity index (χ2v) is 6.70. The molecule has 1 aromatic rings. The van der Waals surface area contributed by atoms with Crippen molar-refractivity contribution in [1.29, 1.82) is 0 Å². The number of nitrogens with zero attached hydrogens (tertiary/aromatic N) is 1. The maximum absolute atomic E-state index is 12.7. The second-order valence-electron chi connectivity index (χ2n) is 6.26. The number of carboxylic acid groups (broad SMARTS) is 1. The number of rotatable bonds is 3. The maximum atomic E-state index is 12.7. The lowest BCUT2D eigenvalue weighted by atomic mass is 9.82. The Morgan fingerprint density at radius 1 is 1.18 bits per heavy atom. The van der Waals surface area contributed by atoms with Crippen LogP contribution in [0.5, 0.6) is 0 Å². The van der Waals surface area contributed by atoms with Gasteiger partial charge in [0.25, 0.3) is 0 Å². The molecule has 1 saturated heterocycles. The van der Waals surface area contributed by atoms with Crippen molar-refractivity contribution in [3.05, 3.63) is 34.9 Å². The van der Waals surface area contributed by atoms with Crippen molar-refractivity contribution >= 4 is 23.5 Å². The topological polar surface area (TPSA) is 77.8 Å². The van der Waals surface area contributed by atoms with Crippen LogP contribution < -0.4 is 0 Å². The molecule has 1 fully saturated rings. The number of aliphatic carboxylic acids is 1. The van der Waals surface area contributed by atoms with Gasteiger partial charge in [-0.15, -0.1) is 0 Å². The lowest BCUT2D eigenvalue weighted by molar-refractivity contribution is -0.166. The molecular formula is C16H20ClNO4. The van der Waals surface area contributed by atoms with Crippen molar-refractivity contribution in [2.75, 3.05) is 13.1 Å². The standard InChI is InChI=1S/C16H20ClNO4/c1-15(2,11-3-5-12(17)6-4-11)13(19)18-9-7-16(22,8-10-18)14(20)21/h3-6,22H,7-10H2,1-2H3,(H,20,21). The van der Waals surface area contributed by atoms with Crippen LogP contribution in [0.3, 0.4) is 0 Å². The highest BCUT2D eigenvalue weighted by molar-refractivity contribution is 6.30. The van der Waals surface area contributed by atoms with Crippen molar-refractivity contribution in [3.63, 3.8) is 0 Å². The lowest BCUT2D eigenvalue weighted by Crippen LogP contribution is -2.54. The van der Waals surface area contributed by atoms with Crippen molar-refractivity contribution in [2.24, 2.45) is 0 Å². The number of benzene rings is 1. The largest absolute Gasteiger partial charge is 0.479 e. The Labute approximate surface area is 134 Å². The summed E-state index contributed by atoms with van der Waals surface area (Å²) in [5, 5.41) is 19.6. The van der Waals surface area contributed by atoms with Crippen LogP contribution >= 0.6 is 11.6 Å². The van der Waals surface area contributed by atoms with E-state index in [0.29, 0.717) is 5.02 Å². The number of carboxylic acids is 1. The van der Waals surface area contributed by atoms with Gasteiger partial charge in [-0.2, -0.15) is 0 Å². The smallest absolute Gasteiger partial charge is 0.335 e. The summed E-state index contributed by atoms with van der Waals surface area (Å²) in [6.45, 7) is 4.13. The fourth-order valence-corrected chi connectivity index (χ4v) is 2.80. The normalized spacial score (nSPS) is 18.1. The monoisotopic (exact) mass is 325 g/mol. The summed E-state index contributed by atoms with van der Waals surface area (Å²) in [5.41, 5.74) is -1.61. The molecule has 22 heavy (non-hydrogen) atoms. The highest BCUT2D eigenvalue weighted by Gasteiger charge is 2.43. The minimum absolute atomic E-state index is 0.0464. The summed E-state index contributed by atoms with van der Waals surface area (Å²) in [6.07, 6.45) is 0.0928. The van der Waals surface area contributed by atoms with Gasteiger partial charge in [-0.3, -0.25) is 4.79 Å². The summed E-state index contributed by atoms with van der Waals surface area (Å²) in [5.74, 6) is -1.31. The molecule has 1 aliphatic heterocycles. The van der Waals surface area contributed by atoms with E-state index in [0.717, 1.165) is 5.56 Å². The van der Waals surface area contributed by atoms with Gasteiger partial charge in [-0.25, -0.2) is 4.79 Å². The molecule has 0 saturated carbocycles. The van der Waals surface area contributed by atoms with Crippen molar-refractivity contribution in [3.8, 4) is 0 Å². The van der Waals surface area contributed by atoms with Gasteiger partial charge in [0, 0.05) is 31.0 Å². The Kier molecular flexibility index (Phi) is 4.49. The molecule has 0 atom stereocenters. The third kappa shape index (κ3) is 3.10. The first kappa shape index (κ1) is 16.8. The van der Waals surface area contributed by atoms with Gasteiger partial charge in [0.2, 0.25) is 5.91 Å². The Morgan fingerprint density at radius 2 is 1.68 bits per heavy atom. The van der Waals surface area contributed by atoms with Crippen LogP contribution in [0.1, 0.15) is 32.3 Å². The summed E-state index contributed by atoms with van der Waals surface area (Å²) in [7, 11) is 0. The average Bonchev–Trinajstić information content (AvgIpc) is 2.47. The third-order valence-electron chi connectivity index (χ3n) is 4.38. The molecule has 120 valence electrons. The van der Waals surface area contributed by atoms with Crippen molar-refractivity contribution in [2.45, 2.75) is 37.7 Å². The molecule has 0 radical (unpaired) electrons. The number of halogens is 1. The fourth-order valence-electron chi connectivity index (χ4n) is 2.68. The van der Waals surface area contributed by atoms with E-state index >= 15 is 0 Å². The molecule has 6 heteroatoms. The quantitative estimate of drug-likeness (QED) is 0.891. The summed E-state index contributed by atoms with van der Waals surface area (Å²) in [4.78, 5) is 25.4. The molecular weight excluding hydrogens is 306 g/mol. The SMILES string of the molecule is CC(C)(C(=O)N1CCC(O)(C(=O)O)CC1)c1ccc(Cl)cc1. The van der Waals surface area contributed by atoms with Gasteiger partial charge >= 0.3 is 5.97 Å². The van der Waals surface area contributed by atoms with Crippen LogP contribution in [-0.2, 0) is 15.0 Å². The molecule has 0 bridgehead atoms. The van der Waals surface area contributed by atoms with Crippen molar-refractivity contribution in [1.82, 2.24) is 4.90 Å². The highest BCUT2D eigenvalue weighted by atomic mass is 35.5. The van der Waals surface area contributed by atoms with Gasteiger partial charge in [0.05, 0.1) is 5.41 Å². The Balaban J connectivity index is 2.12. The van der Waals surface area contributed by atoms with Crippen LogP contribution in [0, 0.1) is 0 Å². The predicted octanol–water partition coefficient (Wildman–Crippen LogP) is 2.06. The van der Waals surface area contributed by atoms with Gasteiger partial charge in [0.15, 0.2) is 5.60 Å². The summed E-state index contributed by atoms with van der Waals surface area (Å²) in [6, 6.07) is 7.12. The molecule has 0 aromatic heterocycles. The molecule has 1 amide bonds. The van der Waals surface area contributed by atoms with Crippen LogP contribution in [0.4, 0.5) is 0 Å². The number of carbonyl (C=O) groups excluding carboxylic acids is 1. The van der Waals surface area contributed by atoms with E-state index in [1.54, 1.807) is 17.0 Å².